The Kier molecular flexibility index (Phi) is 6.02. The summed E-state index contributed by atoms with van der Waals surface area (Å²) in [5, 5.41) is 0.297. The summed E-state index contributed by atoms with van der Waals surface area (Å²) in [5.74, 6) is 1.12. The van der Waals surface area contributed by atoms with Crippen LogP contribution in [0.4, 0.5) is 0 Å². The smallest absolute Gasteiger partial charge is 0.191 e. The monoisotopic (exact) mass is 292 g/mol. The average Bonchev–Trinajstić information content (AvgIpc) is 2.37. The molecule has 0 radical (unpaired) electrons. The number of allylic oxidation sites excluding steroid dienone is 3. The largest absolute Gasteiger partial charge is 0.417 e. The van der Waals surface area contributed by atoms with Crippen LogP contribution in [0, 0.1) is 11.8 Å². The molecule has 0 unspecified atom stereocenters. The molecule has 0 saturated carbocycles. The van der Waals surface area contributed by atoms with Crippen molar-refractivity contribution in [1.29, 1.82) is 0 Å². The Bertz CT molecular complexity index is 373. The molecule has 0 bridgehead atoms. The van der Waals surface area contributed by atoms with E-state index in [9.17, 15) is 0 Å². The second kappa shape index (κ2) is 6.90. The lowest BCUT2D eigenvalue weighted by Crippen LogP contribution is -2.41. The van der Waals surface area contributed by atoms with Crippen molar-refractivity contribution in [3.05, 3.63) is 37.0 Å². The zero-order valence-corrected chi connectivity index (χ0v) is 15.0. The molecule has 0 aromatic heterocycles. The van der Waals surface area contributed by atoms with E-state index >= 15 is 0 Å². The van der Waals surface area contributed by atoms with Gasteiger partial charge < -0.3 is 4.43 Å². The SMILES string of the molecule is C=C[C@@H]1CC=C(CCO[Si](C)(C)C(C)(C)C)C[C@@H]1C=C. The molecule has 0 N–H and O–H groups in total. The summed E-state index contributed by atoms with van der Waals surface area (Å²) < 4.78 is 6.27. The molecule has 1 aliphatic rings. The second-order valence-electron chi connectivity index (χ2n) is 7.46. The molecule has 0 spiro atoms. The first-order valence-electron chi connectivity index (χ1n) is 7.78. The third-order valence-electron chi connectivity index (χ3n) is 5.02. The Morgan fingerprint density at radius 3 is 2.35 bits per heavy atom. The zero-order valence-electron chi connectivity index (χ0n) is 14.0. The van der Waals surface area contributed by atoms with E-state index < -0.39 is 8.32 Å². The van der Waals surface area contributed by atoms with Crippen LogP contribution in [0.5, 0.6) is 0 Å². The predicted molar refractivity (Wildman–Crippen MR) is 92.5 cm³/mol. The van der Waals surface area contributed by atoms with Gasteiger partial charge in [0.2, 0.25) is 0 Å². The average molecular weight is 293 g/mol. The van der Waals surface area contributed by atoms with E-state index in [2.05, 4.69) is 65.3 Å². The lowest BCUT2D eigenvalue weighted by atomic mass is 9.79. The molecule has 0 fully saturated rings. The molecule has 0 aliphatic heterocycles. The van der Waals surface area contributed by atoms with Crippen LogP contribution in [0.15, 0.2) is 37.0 Å². The van der Waals surface area contributed by atoms with Crippen LogP contribution in [0.2, 0.25) is 18.1 Å². The topological polar surface area (TPSA) is 9.23 Å². The molecule has 2 heteroatoms. The summed E-state index contributed by atoms with van der Waals surface area (Å²) in [7, 11) is -1.60. The first-order valence-corrected chi connectivity index (χ1v) is 10.7. The maximum atomic E-state index is 6.27. The van der Waals surface area contributed by atoms with Crippen molar-refractivity contribution in [3.8, 4) is 0 Å². The number of hydrogen-bond donors (Lipinski definition) is 0. The van der Waals surface area contributed by atoms with Crippen molar-refractivity contribution >= 4 is 8.32 Å². The van der Waals surface area contributed by atoms with Crippen molar-refractivity contribution in [2.75, 3.05) is 6.61 Å². The molecule has 0 aromatic rings. The lowest BCUT2D eigenvalue weighted by Gasteiger charge is -2.36. The van der Waals surface area contributed by atoms with Crippen LogP contribution >= 0.6 is 0 Å². The minimum Gasteiger partial charge on any atom is -0.417 e. The molecule has 2 atom stereocenters. The van der Waals surface area contributed by atoms with Gasteiger partial charge in [0.05, 0.1) is 0 Å². The maximum absolute atomic E-state index is 6.27. The minimum atomic E-state index is -1.60. The van der Waals surface area contributed by atoms with Crippen LogP contribution < -0.4 is 0 Å². The van der Waals surface area contributed by atoms with Crippen LogP contribution in [-0.4, -0.2) is 14.9 Å². The minimum absolute atomic E-state index is 0.297. The first kappa shape index (κ1) is 17.4. The molecule has 20 heavy (non-hydrogen) atoms. The maximum Gasteiger partial charge on any atom is 0.191 e. The fraction of sp³-hybridized carbons (Fsp3) is 0.667. The Balaban J connectivity index is 2.49. The van der Waals surface area contributed by atoms with E-state index in [0.29, 0.717) is 16.9 Å². The van der Waals surface area contributed by atoms with Crippen LogP contribution in [0.1, 0.15) is 40.0 Å². The normalized spacial score (nSPS) is 24.1. The van der Waals surface area contributed by atoms with Gasteiger partial charge in [0.15, 0.2) is 8.32 Å². The Morgan fingerprint density at radius 2 is 1.85 bits per heavy atom. The summed E-state index contributed by atoms with van der Waals surface area (Å²) in [6.45, 7) is 20.3. The van der Waals surface area contributed by atoms with Gasteiger partial charge in [-0.05, 0) is 49.2 Å². The summed E-state index contributed by atoms with van der Waals surface area (Å²) in [6.07, 6.45) is 9.86. The highest BCUT2D eigenvalue weighted by atomic mass is 28.4. The lowest BCUT2D eigenvalue weighted by molar-refractivity contribution is 0.286. The Hall–Kier alpha value is -0.603. The molecule has 0 amide bonds. The van der Waals surface area contributed by atoms with E-state index in [0.717, 1.165) is 25.9 Å². The highest BCUT2D eigenvalue weighted by Crippen LogP contribution is 2.37. The van der Waals surface area contributed by atoms with Gasteiger partial charge in [-0.2, -0.15) is 0 Å². The van der Waals surface area contributed by atoms with E-state index in [1.807, 2.05) is 0 Å². The van der Waals surface area contributed by atoms with Crippen molar-refractivity contribution in [3.63, 3.8) is 0 Å². The fourth-order valence-electron chi connectivity index (χ4n) is 2.40. The number of rotatable bonds is 6. The number of hydrogen-bond acceptors (Lipinski definition) is 1. The predicted octanol–water partition coefficient (Wildman–Crippen LogP) is 5.72. The highest BCUT2D eigenvalue weighted by molar-refractivity contribution is 6.74. The highest BCUT2D eigenvalue weighted by Gasteiger charge is 2.37. The van der Waals surface area contributed by atoms with E-state index in [1.165, 1.54) is 5.57 Å². The van der Waals surface area contributed by atoms with Gasteiger partial charge in [-0.15, -0.1) is 13.2 Å². The van der Waals surface area contributed by atoms with Crippen molar-refractivity contribution < 1.29 is 4.43 Å². The van der Waals surface area contributed by atoms with E-state index in [-0.39, 0.29) is 0 Å². The fourth-order valence-corrected chi connectivity index (χ4v) is 3.45. The van der Waals surface area contributed by atoms with Gasteiger partial charge in [0.1, 0.15) is 0 Å². The molecule has 0 aromatic carbocycles. The molecular weight excluding hydrogens is 260 g/mol. The summed E-state index contributed by atoms with van der Waals surface area (Å²) in [5.41, 5.74) is 1.53. The van der Waals surface area contributed by atoms with Crippen LogP contribution in [0.25, 0.3) is 0 Å². The molecule has 1 nitrogen and oxygen atoms in total. The quantitative estimate of drug-likeness (QED) is 0.449. The third-order valence-corrected chi connectivity index (χ3v) is 9.56. The van der Waals surface area contributed by atoms with Gasteiger partial charge in [-0.3, -0.25) is 0 Å². The van der Waals surface area contributed by atoms with Crippen LogP contribution in [0.3, 0.4) is 0 Å². The van der Waals surface area contributed by atoms with Gasteiger partial charge in [0, 0.05) is 6.61 Å². The second-order valence-corrected chi connectivity index (χ2v) is 12.3. The molecule has 0 saturated heterocycles. The molecular formula is C18H32OSi. The molecule has 114 valence electrons. The molecule has 1 aliphatic carbocycles. The molecule has 0 heterocycles. The Labute approximate surface area is 126 Å². The van der Waals surface area contributed by atoms with E-state index in [1.54, 1.807) is 0 Å². The van der Waals surface area contributed by atoms with Gasteiger partial charge >= 0.3 is 0 Å². The summed E-state index contributed by atoms with van der Waals surface area (Å²) in [4.78, 5) is 0. The standard InChI is InChI=1S/C18H32OSi/c1-8-16-11-10-15(14-17(16)9-2)12-13-19-20(6,7)18(3,4)5/h8-10,16-17H,1-2,11-14H2,3-7H3/t16-,17+/m1/s1. The van der Waals surface area contributed by atoms with Gasteiger partial charge in [-0.1, -0.05) is 44.6 Å². The van der Waals surface area contributed by atoms with Gasteiger partial charge in [0.25, 0.3) is 0 Å². The summed E-state index contributed by atoms with van der Waals surface area (Å²) in [6, 6.07) is 0. The van der Waals surface area contributed by atoms with Crippen molar-refractivity contribution in [2.45, 2.75) is 58.2 Å². The summed E-state index contributed by atoms with van der Waals surface area (Å²) >= 11 is 0. The van der Waals surface area contributed by atoms with Crippen LogP contribution in [-0.2, 0) is 4.43 Å². The van der Waals surface area contributed by atoms with Crippen molar-refractivity contribution in [2.24, 2.45) is 11.8 Å². The van der Waals surface area contributed by atoms with E-state index in [4.69, 9.17) is 4.43 Å². The van der Waals surface area contributed by atoms with Crippen molar-refractivity contribution in [1.82, 2.24) is 0 Å². The zero-order chi connectivity index (χ0) is 15.4. The molecule has 1 rings (SSSR count). The Morgan fingerprint density at radius 1 is 1.25 bits per heavy atom. The van der Waals surface area contributed by atoms with Gasteiger partial charge in [-0.25, -0.2) is 0 Å². The third kappa shape index (κ3) is 4.46. The first-order chi connectivity index (χ1) is 9.21.